The number of hydrogen-bond donors (Lipinski definition) is 5. The van der Waals surface area contributed by atoms with Gasteiger partial charge >= 0.3 is 0 Å². The van der Waals surface area contributed by atoms with Crippen molar-refractivity contribution < 1.29 is 44.0 Å². The molecule has 1 aromatic heterocycles. The second kappa shape index (κ2) is 8.51. The zero-order valence-electron chi connectivity index (χ0n) is 20.1. The molecule has 1 aromatic carbocycles. The highest BCUT2D eigenvalue weighted by Crippen LogP contribution is 2.53. The number of carbonyl (C=O) groups is 3. The normalized spacial score (nSPS) is 29.7. The summed E-state index contributed by atoms with van der Waals surface area (Å²) in [6.45, 7) is 1.19. The largest absolute Gasteiger partial charge is 0.508 e. The molecule has 4 aliphatic rings. The summed E-state index contributed by atoms with van der Waals surface area (Å²) in [5.74, 6) is -6.65. The number of aromatic hydroxyl groups is 1. The van der Waals surface area contributed by atoms with Gasteiger partial charge in [0.15, 0.2) is 11.4 Å². The molecule has 1 amide bonds. The summed E-state index contributed by atoms with van der Waals surface area (Å²) in [6, 6.07) is 1.79. The maximum atomic E-state index is 14.0. The molecule has 1 unspecified atom stereocenters. The van der Waals surface area contributed by atoms with E-state index in [1.807, 2.05) is 0 Å². The van der Waals surface area contributed by atoms with Gasteiger partial charge in [0.2, 0.25) is 11.7 Å². The molecule has 12 heteroatoms. The zero-order valence-corrected chi connectivity index (χ0v) is 20.1. The number of carbonyl (C=O) groups excluding carboxylic acids is 3. The Morgan fingerprint density at radius 1 is 1.16 bits per heavy atom. The Kier molecular flexibility index (Phi) is 5.45. The number of rotatable bonds is 3. The predicted molar refractivity (Wildman–Crippen MR) is 128 cm³/mol. The summed E-state index contributed by atoms with van der Waals surface area (Å²) < 4.78 is 10.8. The van der Waals surface area contributed by atoms with E-state index < -0.39 is 58.0 Å². The lowest BCUT2D eigenvalue weighted by atomic mass is 9.57. The van der Waals surface area contributed by atoms with Crippen molar-refractivity contribution in [3.8, 4) is 17.2 Å². The molecular formula is C26H25N3O9. The van der Waals surface area contributed by atoms with Gasteiger partial charge in [-0.1, -0.05) is 0 Å². The van der Waals surface area contributed by atoms with Crippen LogP contribution in [-0.4, -0.2) is 85.7 Å². The number of Topliss-reactive ketones (excluding diaryl/α,β-unsaturated/α-hetero) is 2. The number of ketones is 2. The molecule has 1 saturated carbocycles. The fraction of sp³-hybridized carbons (Fsp3) is 0.385. The van der Waals surface area contributed by atoms with E-state index in [1.165, 1.54) is 18.5 Å². The van der Waals surface area contributed by atoms with Crippen LogP contribution in [0, 0.1) is 11.8 Å². The van der Waals surface area contributed by atoms with E-state index in [0.29, 0.717) is 37.4 Å². The Morgan fingerprint density at radius 3 is 2.55 bits per heavy atom. The molecule has 38 heavy (non-hydrogen) atoms. The minimum Gasteiger partial charge on any atom is -0.508 e. The average molecular weight is 523 g/mol. The van der Waals surface area contributed by atoms with E-state index >= 15 is 0 Å². The van der Waals surface area contributed by atoms with Gasteiger partial charge in [0, 0.05) is 30.1 Å². The maximum absolute atomic E-state index is 14.0. The van der Waals surface area contributed by atoms with Crippen LogP contribution in [0.4, 0.5) is 0 Å². The van der Waals surface area contributed by atoms with Gasteiger partial charge in [-0.25, -0.2) is 4.98 Å². The van der Waals surface area contributed by atoms with Crippen LogP contribution in [0.5, 0.6) is 5.75 Å². The molecule has 12 nitrogen and oxygen atoms in total. The molecule has 0 spiro atoms. The van der Waals surface area contributed by atoms with Crippen LogP contribution in [0.25, 0.3) is 17.2 Å². The molecule has 3 aliphatic carbocycles. The number of aliphatic hydroxyl groups excluding tert-OH is 2. The third-order valence-electron chi connectivity index (χ3n) is 8.15. The quantitative estimate of drug-likeness (QED) is 0.349. The van der Waals surface area contributed by atoms with Gasteiger partial charge in [0.25, 0.3) is 5.91 Å². The van der Waals surface area contributed by atoms with Gasteiger partial charge in [-0.05, 0) is 36.5 Å². The SMILES string of the molecule is NC(=O)C1=C(O)[C@@]2(O)C(=O)C3=C(O)c4c(O)ccc(-c5ncco5)c4C[C@H]3CC2[C@@H](N2CCOCC2)C1=O. The number of morpholine rings is 1. The van der Waals surface area contributed by atoms with Crippen molar-refractivity contribution >= 4 is 23.2 Å². The molecule has 2 aromatic rings. The van der Waals surface area contributed by atoms with E-state index in [0.717, 1.165) is 0 Å². The van der Waals surface area contributed by atoms with Gasteiger partial charge in [0.1, 0.15) is 29.1 Å². The van der Waals surface area contributed by atoms with Gasteiger partial charge in [0.05, 0.1) is 31.0 Å². The number of amides is 1. The number of nitrogens with zero attached hydrogens (tertiary/aromatic N) is 2. The first-order valence-electron chi connectivity index (χ1n) is 12.2. The lowest BCUT2D eigenvalue weighted by molar-refractivity contribution is -0.157. The predicted octanol–water partition coefficient (Wildman–Crippen LogP) is 0.390. The lowest BCUT2D eigenvalue weighted by Crippen LogP contribution is -2.67. The van der Waals surface area contributed by atoms with E-state index in [-0.39, 0.29) is 35.6 Å². The molecule has 2 heterocycles. The van der Waals surface area contributed by atoms with Crippen molar-refractivity contribution in [3.05, 3.63) is 52.6 Å². The van der Waals surface area contributed by atoms with E-state index in [4.69, 9.17) is 14.9 Å². The van der Waals surface area contributed by atoms with Gasteiger partial charge in [-0.3, -0.25) is 19.3 Å². The minimum atomic E-state index is -2.69. The first-order chi connectivity index (χ1) is 18.2. The summed E-state index contributed by atoms with van der Waals surface area (Å²) in [5, 5.41) is 44.8. The van der Waals surface area contributed by atoms with Crippen LogP contribution in [-0.2, 0) is 25.5 Å². The van der Waals surface area contributed by atoms with Crippen LogP contribution in [0.15, 0.2) is 45.9 Å². The molecule has 6 N–H and O–H groups in total. The number of phenolic OH excluding ortho intramolecular Hbond substituents is 1. The number of primary amides is 1. The van der Waals surface area contributed by atoms with Crippen LogP contribution in [0.2, 0.25) is 0 Å². The number of fused-ring (bicyclic) bond motifs is 3. The lowest BCUT2D eigenvalue weighted by Gasteiger charge is -2.51. The zero-order chi connectivity index (χ0) is 26.9. The molecule has 198 valence electrons. The number of nitrogens with two attached hydrogens (primary N) is 1. The van der Waals surface area contributed by atoms with Crippen LogP contribution in [0.1, 0.15) is 17.5 Å². The van der Waals surface area contributed by atoms with Crippen LogP contribution < -0.4 is 5.73 Å². The van der Waals surface area contributed by atoms with Crippen molar-refractivity contribution in [1.29, 1.82) is 0 Å². The Bertz CT molecular complexity index is 1440. The molecular weight excluding hydrogens is 498 g/mol. The Labute approximate surface area is 215 Å². The first-order valence-corrected chi connectivity index (χ1v) is 12.2. The number of ether oxygens (including phenoxy) is 1. The van der Waals surface area contributed by atoms with E-state index in [1.54, 1.807) is 11.0 Å². The summed E-state index contributed by atoms with van der Waals surface area (Å²) in [7, 11) is 0. The minimum absolute atomic E-state index is 0.00557. The summed E-state index contributed by atoms with van der Waals surface area (Å²) in [5.41, 5.74) is 2.66. The topological polar surface area (TPSA) is 197 Å². The number of hydrogen-bond acceptors (Lipinski definition) is 11. The van der Waals surface area contributed by atoms with Crippen molar-refractivity contribution in [1.82, 2.24) is 9.88 Å². The number of aromatic nitrogens is 1. The number of oxazole rings is 1. The first kappa shape index (κ1) is 24.3. The second-order valence-corrected chi connectivity index (χ2v) is 9.97. The van der Waals surface area contributed by atoms with Crippen LogP contribution in [0.3, 0.4) is 0 Å². The molecule has 0 radical (unpaired) electrons. The Morgan fingerprint density at radius 2 is 1.89 bits per heavy atom. The van der Waals surface area contributed by atoms with Gasteiger partial charge in [-0.15, -0.1) is 0 Å². The summed E-state index contributed by atoms with van der Waals surface area (Å²) in [6.07, 6.45) is 2.99. The molecule has 4 atom stereocenters. The molecule has 2 fully saturated rings. The Hall–Kier alpha value is -4.00. The second-order valence-electron chi connectivity index (χ2n) is 9.97. The fourth-order valence-electron chi connectivity index (χ4n) is 6.48. The monoisotopic (exact) mass is 523 g/mol. The van der Waals surface area contributed by atoms with Crippen molar-refractivity contribution in [2.24, 2.45) is 17.6 Å². The van der Waals surface area contributed by atoms with Crippen molar-refractivity contribution in [2.75, 3.05) is 26.3 Å². The van der Waals surface area contributed by atoms with Crippen molar-refractivity contribution in [3.63, 3.8) is 0 Å². The summed E-state index contributed by atoms with van der Waals surface area (Å²) in [4.78, 5) is 45.6. The maximum Gasteiger partial charge on any atom is 0.255 e. The van der Waals surface area contributed by atoms with E-state index in [9.17, 15) is 34.8 Å². The molecule has 6 rings (SSSR count). The van der Waals surface area contributed by atoms with Gasteiger partial charge in [-0.2, -0.15) is 0 Å². The number of benzene rings is 1. The number of aliphatic hydroxyl groups is 3. The van der Waals surface area contributed by atoms with Crippen LogP contribution >= 0.6 is 0 Å². The standard InChI is InChI=1S/C26H25N3O9/c27-24(35)18-21(32)19(29-4-7-37-8-5-29)14-10-11-9-13-12(25-28-3-6-38-25)1-2-15(30)17(13)20(31)16(11)22(33)26(14,36)23(18)34/h1-3,6,11,14,19,30-31,34,36H,4-5,7-10H2,(H2,27,35)/t11-,14?,19+,26-/m0/s1. The molecule has 1 aliphatic heterocycles. The highest BCUT2D eigenvalue weighted by atomic mass is 16.5. The third-order valence-corrected chi connectivity index (χ3v) is 8.15. The number of phenols is 1. The van der Waals surface area contributed by atoms with Crippen molar-refractivity contribution in [2.45, 2.75) is 24.5 Å². The molecule has 0 bridgehead atoms. The highest BCUT2D eigenvalue weighted by Gasteiger charge is 2.64. The average Bonchev–Trinajstić information content (AvgIpc) is 3.41. The molecule has 1 saturated heterocycles. The van der Waals surface area contributed by atoms with Gasteiger partial charge < -0.3 is 35.3 Å². The fourth-order valence-corrected chi connectivity index (χ4v) is 6.48. The summed E-state index contributed by atoms with van der Waals surface area (Å²) >= 11 is 0. The third kappa shape index (κ3) is 3.20. The Balaban J connectivity index is 1.55. The van der Waals surface area contributed by atoms with E-state index in [2.05, 4.69) is 4.98 Å². The smallest absolute Gasteiger partial charge is 0.255 e. The highest BCUT2D eigenvalue weighted by molar-refractivity contribution is 6.24.